The van der Waals surface area contributed by atoms with Gasteiger partial charge in [0.1, 0.15) is 11.8 Å². The molecule has 2 unspecified atom stereocenters. The second-order valence-corrected chi connectivity index (χ2v) is 5.64. The Labute approximate surface area is 141 Å². The first-order chi connectivity index (χ1) is 11.6. The van der Waals surface area contributed by atoms with Crippen molar-refractivity contribution >= 4 is 17.6 Å². The van der Waals surface area contributed by atoms with Gasteiger partial charge in [-0.25, -0.2) is 0 Å². The number of rotatable bonds is 9. The summed E-state index contributed by atoms with van der Waals surface area (Å²) in [7, 11) is 0. The zero-order chi connectivity index (χ0) is 17.4. The molecule has 1 aromatic rings. The number of carboxylic acids is 1. The highest BCUT2D eigenvalue weighted by Crippen LogP contribution is 2.16. The summed E-state index contributed by atoms with van der Waals surface area (Å²) in [6, 6.07) is 6.01. The summed E-state index contributed by atoms with van der Waals surface area (Å²) in [5, 5.41) is 14.9. The molecule has 0 radical (unpaired) electrons. The number of hydrogen-bond acceptors (Lipinski definition) is 5. The average molecular weight is 336 g/mol. The minimum absolute atomic E-state index is 0.0287. The minimum atomic E-state index is -1.05. The van der Waals surface area contributed by atoms with Crippen LogP contribution in [-0.4, -0.2) is 48.9 Å². The van der Waals surface area contributed by atoms with E-state index in [9.17, 15) is 14.7 Å². The average Bonchev–Trinajstić information content (AvgIpc) is 3.06. The number of nitrogens with one attached hydrogen (secondary N) is 2. The van der Waals surface area contributed by atoms with E-state index in [-0.39, 0.29) is 18.4 Å². The standard InChI is InChI=1S/C17H24N2O5/c1-2-23-13-7-5-12(6-8-13)19-16(20)10-15(17(21)22)18-11-14-4-3-9-24-14/h5-8,14-15,18H,2-4,9-11H2,1H3,(H,19,20)(H,21,22). The lowest BCUT2D eigenvalue weighted by atomic mass is 10.1. The Bertz CT molecular complexity index is 540. The first kappa shape index (κ1) is 18.2. The Morgan fingerprint density at radius 1 is 1.38 bits per heavy atom. The van der Waals surface area contributed by atoms with Crippen LogP contribution in [0, 0.1) is 0 Å². The molecule has 24 heavy (non-hydrogen) atoms. The highest BCUT2D eigenvalue weighted by atomic mass is 16.5. The number of anilines is 1. The van der Waals surface area contributed by atoms with Gasteiger partial charge in [-0.1, -0.05) is 0 Å². The van der Waals surface area contributed by atoms with Crippen molar-refractivity contribution in [3.63, 3.8) is 0 Å². The molecule has 0 saturated carbocycles. The molecule has 1 heterocycles. The van der Waals surface area contributed by atoms with E-state index in [2.05, 4.69) is 10.6 Å². The van der Waals surface area contributed by atoms with Gasteiger partial charge in [0.15, 0.2) is 0 Å². The topological polar surface area (TPSA) is 96.9 Å². The third kappa shape index (κ3) is 5.82. The summed E-state index contributed by atoms with van der Waals surface area (Å²) in [6.45, 7) is 3.61. The quantitative estimate of drug-likeness (QED) is 0.634. The molecule has 7 nitrogen and oxygen atoms in total. The van der Waals surface area contributed by atoms with Gasteiger partial charge in [-0.15, -0.1) is 0 Å². The van der Waals surface area contributed by atoms with Gasteiger partial charge in [-0.3, -0.25) is 9.59 Å². The Morgan fingerprint density at radius 2 is 2.12 bits per heavy atom. The maximum Gasteiger partial charge on any atom is 0.321 e. The van der Waals surface area contributed by atoms with Crippen molar-refractivity contribution in [1.29, 1.82) is 0 Å². The molecule has 3 N–H and O–H groups in total. The summed E-state index contributed by atoms with van der Waals surface area (Å²) in [5.41, 5.74) is 0.603. The SMILES string of the molecule is CCOc1ccc(NC(=O)CC(NCC2CCCO2)C(=O)O)cc1. The van der Waals surface area contributed by atoms with Crippen LogP contribution in [0.1, 0.15) is 26.2 Å². The molecule has 1 aromatic carbocycles. The van der Waals surface area contributed by atoms with E-state index in [1.165, 1.54) is 0 Å². The summed E-state index contributed by atoms with van der Waals surface area (Å²) < 4.78 is 10.8. The minimum Gasteiger partial charge on any atom is -0.494 e. The Balaban J connectivity index is 1.81. The van der Waals surface area contributed by atoms with Crippen LogP contribution >= 0.6 is 0 Å². The van der Waals surface area contributed by atoms with Crippen LogP contribution < -0.4 is 15.4 Å². The van der Waals surface area contributed by atoms with Gasteiger partial charge >= 0.3 is 5.97 Å². The molecule has 0 spiro atoms. The van der Waals surface area contributed by atoms with Crippen LogP contribution in [0.5, 0.6) is 5.75 Å². The largest absolute Gasteiger partial charge is 0.494 e. The summed E-state index contributed by atoms with van der Waals surface area (Å²) in [6.07, 6.45) is 1.79. The van der Waals surface area contributed by atoms with Crippen LogP contribution in [0.25, 0.3) is 0 Å². The molecule has 0 aliphatic carbocycles. The molecule has 2 atom stereocenters. The maximum atomic E-state index is 12.1. The van der Waals surface area contributed by atoms with Crippen LogP contribution in [-0.2, 0) is 14.3 Å². The molecular formula is C17H24N2O5. The number of ether oxygens (including phenoxy) is 2. The molecule has 2 rings (SSSR count). The van der Waals surface area contributed by atoms with E-state index in [1.807, 2.05) is 6.92 Å². The van der Waals surface area contributed by atoms with Crippen molar-refractivity contribution < 1.29 is 24.2 Å². The number of aliphatic carboxylic acids is 1. The van der Waals surface area contributed by atoms with E-state index in [4.69, 9.17) is 9.47 Å². The third-order valence-electron chi connectivity index (χ3n) is 3.75. The molecule has 132 valence electrons. The van der Waals surface area contributed by atoms with Crippen molar-refractivity contribution in [2.75, 3.05) is 25.1 Å². The van der Waals surface area contributed by atoms with Crippen molar-refractivity contribution in [3.05, 3.63) is 24.3 Å². The number of amides is 1. The first-order valence-electron chi connectivity index (χ1n) is 8.19. The lowest BCUT2D eigenvalue weighted by Gasteiger charge is -2.17. The second kappa shape index (κ2) is 9.24. The van der Waals surface area contributed by atoms with Crippen LogP contribution in [0.4, 0.5) is 5.69 Å². The summed E-state index contributed by atoms with van der Waals surface area (Å²) in [4.78, 5) is 23.4. The van der Waals surface area contributed by atoms with Gasteiger partial charge in [-0.2, -0.15) is 0 Å². The lowest BCUT2D eigenvalue weighted by Crippen LogP contribution is -2.43. The van der Waals surface area contributed by atoms with E-state index in [0.29, 0.717) is 25.4 Å². The van der Waals surface area contributed by atoms with E-state index < -0.39 is 12.0 Å². The Hall–Kier alpha value is -2.12. The molecule has 0 bridgehead atoms. The van der Waals surface area contributed by atoms with Gasteiger partial charge in [-0.05, 0) is 44.0 Å². The first-order valence-corrected chi connectivity index (χ1v) is 8.19. The highest BCUT2D eigenvalue weighted by molar-refractivity contribution is 5.94. The molecule has 1 amide bonds. The van der Waals surface area contributed by atoms with Gasteiger partial charge in [0.25, 0.3) is 0 Å². The number of benzene rings is 1. The van der Waals surface area contributed by atoms with Gasteiger partial charge in [0, 0.05) is 18.8 Å². The van der Waals surface area contributed by atoms with Crippen molar-refractivity contribution in [2.45, 2.75) is 38.3 Å². The van der Waals surface area contributed by atoms with Crippen molar-refractivity contribution in [2.24, 2.45) is 0 Å². The maximum absolute atomic E-state index is 12.1. The van der Waals surface area contributed by atoms with Gasteiger partial charge in [0.2, 0.25) is 5.91 Å². The molecule has 0 aromatic heterocycles. The molecule has 1 fully saturated rings. The fraction of sp³-hybridized carbons (Fsp3) is 0.529. The zero-order valence-electron chi connectivity index (χ0n) is 13.8. The zero-order valence-corrected chi connectivity index (χ0v) is 13.8. The number of carbonyl (C=O) groups excluding carboxylic acids is 1. The Morgan fingerprint density at radius 3 is 2.71 bits per heavy atom. The smallest absolute Gasteiger partial charge is 0.321 e. The molecule has 1 aliphatic heterocycles. The normalized spacial score (nSPS) is 18.1. The second-order valence-electron chi connectivity index (χ2n) is 5.64. The summed E-state index contributed by atoms with van der Waals surface area (Å²) in [5.74, 6) is -0.682. The molecular weight excluding hydrogens is 312 g/mol. The van der Waals surface area contributed by atoms with Crippen molar-refractivity contribution in [3.8, 4) is 5.75 Å². The van der Waals surface area contributed by atoms with Crippen LogP contribution in [0.15, 0.2) is 24.3 Å². The molecule has 1 aliphatic rings. The van der Waals surface area contributed by atoms with Crippen molar-refractivity contribution in [1.82, 2.24) is 5.32 Å². The third-order valence-corrected chi connectivity index (χ3v) is 3.75. The predicted octanol–water partition coefficient (Wildman–Crippen LogP) is 1.64. The van der Waals surface area contributed by atoms with Gasteiger partial charge < -0.3 is 25.2 Å². The van der Waals surface area contributed by atoms with E-state index in [1.54, 1.807) is 24.3 Å². The summed E-state index contributed by atoms with van der Waals surface area (Å²) >= 11 is 0. The fourth-order valence-electron chi connectivity index (χ4n) is 2.52. The Kier molecular flexibility index (Phi) is 7.02. The lowest BCUT2D eigenvalue weighted by molar-refractivity contribution is -0.141. The molecule has 1 saturated heterocycles. The number of carbonyl (C=O) groups is 2. The number of hydrogen-bond donors (Lipinski definition) is 3. The van der Waals surface area contributed by atoms with E-state index >= 15 is 0 Å². The molecule has 7 heteroatoms. The van der Waals surface area contributed by atoms with Gasteiger partial charge in [0.05, 0.1) is 19.1 Å². The number of carboxylic acid groups (broad SMARTS) is 1. The predicted molar refractivity (Wildman–Crippen MR) is 89.3 cm³/mol. The fourth-order valence-corrected chi connectivity index (χ4v) is 2.52. The highest BCUT2D eigenvalue weighted by Gasteiger charge is 2.23. The van der Waals surface area contributed by atoms with E-state index in [0.717, 1.165) is 18.6 Å². The van der Waals surface area contributed by atoms with Crippen LogP contribution in [0.3, 0.4) is 0 Å². The van der Waals surface area contributed by atoms with Crippen LogP contribution in [0.2, 0.25) is 0 Å². The monoisotopic (exact) mass is 336 g/mol.